The molecule has 2 aromatic carbocycles. The fourth-order valence-electron chi connectivity index (χ4n) is 3.45. The third-order valence-corrected chi connectivity index (χ3v) is 5.02. The maximum Gasteiger partial charge on any atom is 0.339 e. The minimum absolute atomic E-state index is 0.0804. The van der Waals surface area contributed by atoms with Crippen LogP contribution < -0.4 is 15.4 Å². The summed E-state index contributed by atoms with van der Waals surface area (Å²) >= 11 is 0. The van der Waals surface area contributed by atoms with E-state index >= 15 is 0 Å². The molecular weight excluding hydrogens is 400 g/mol. The maximum absolute atomic E-state index is 13.0. The number of hydrogen-bond donors (Lipinski definition) is 2. The maximum atomic E-state index is 13.0. The minimum atomic E-state index is -0.874. The highest BCUT2D eigenvalue weighted by atomic mass is 16.5. The van der Waals surface area contributed by atoms with Gasteiger partial charge in [0, 0.05) is 5.56 Å². The molecule has 2 amide bonds. The van der Waals surface area contributed by atoms with Crippen molar-refractivity contribution in [2.24, 2.45) is 0 Å². The second-order valence-corrected chi connectivity index (χ2v) is 6.87. The van der Waals surface area contributed by atoms with Crippen molar-refractivity contribution in [3.05, 3.63) is 60.3 Å². The summed E-state index contributed by atoms with van der Waals surface area (Å²) < 4.78 is 11.4. The van der Waals surface area contributed by atoms with E-state index in [1.165, 1.54) is 11.8 Å². The van der Waals surface area contributed by atoms with E-state index in [-0.39, 0.29) is 17.9 Å². The molecule has 0 saturated heterocycles. The van der Waals surface area contributed by atoms with Gasteiger partial charge in [-0.25, -0.2) is 9.48 Å². The van der Waals surface area contributed by atoms with Crippen molar-refractivity contribution >= 4 is 29.3 Å². The van der Waals surface area contributed by atoms with Crippen molar-refractivity contribution in [1.82, 2.24) is 9.78 Å². The first kappa shape index (κ1) is 20.1. The van der Waals surface area contributed by atoms with Crippen LogP contribution in [0.3, 0.4) is 0 Å². The van der Waals surface area contributed by atoms with Crippen LogP contribution in [-0.2, 0) is 14.3 Å². The Balaban J connectivity index is 1.65. The number of fused-ring (bicyclic) bond motifs is 1. The van der Waals surface area contributed by atoms with E-state index in [9.17, 15) is 14.4 Å². The van der Waals surface area contributed by atoms with E-state index in [0.29, 0.717) is 22.8 Å². The molecular formula is C22H20N4O5. The number of methoxy groups -OCH3 is 2. The molecule has 0 unspecified atom stereocenters. The van der Waals surface area contributed by atoms with Crippen LogP contribution in [0.4, 0.5) is 11.5 Å². The van der Waals surface area contributed by atoms with Crippen LogP contribution in [0.15, 0.2) is 54.7 Å². The van der Waals surface area contributed by atoms with Crippen molar-refractivity contribution in [3.63, 3.8) is 0 Å². The monoisotopic (exact) mass is 420 g/mol. The van der Waals surface area contributed by atoms with Gasteiger partial charge in [-0.05, 0) is 29.8 Å². The minimum Gasteiger partial charge on any atom is -0.497 e. The molecule has 4 rings (SSSR count). The number of ether oxygens (including phenoxy) is 2. The molecule has 0 bridgehead atoms. The van der Waals surface area contributed by atoms with Crippen molar-refractivity contribution in [2.75, 3.05) is 24.9 Å². The quantitative estimate of drug-likeness (QED) is 0.614. The Hall–Kier alpha value is -4.14. The van der Waals surface area contributed by atoms with Crippen molar-refractivity contribution in [3.8, 4) is 16.9 Å². The van der Waals surface area contributed by atoms with Gasteiger partial charge in [-0.15, -0.1) is 0 Å². The first-order chi connectivity index (χ1) is 15.0. The lowest BCUT2D eigenvalue weighted by molar-refractivity contribution is -0.125. The van der Waals surface area contributed by atoms with Gasteiger partial charge >= 0.3 is 5.97 Å². The Morgan fingerprint density at radius 1 is 1.13 bits per heavy atom. The van der Waals surface area contributed by atoms with Gasteiger partial charge in [-0.1, -0.05) is 24.3 Å². The number of nitrogens with zero attached hydrogens (tertiary/aromatic N) is 2. The summed E-state index contributed by atoms with van der Waals surface area (Å²) in [6, 6.07) is 12.9. The number of benzene rings is 2. The molecule has 0 fully saturated rings. The number of nitrogens with one attached hydrogen (secondary N) is 2. The lowest BCUT2D eigenvalue weighted by atomic mass is 10.1. The van der Waals surface area contributed by atoms with Gasteiger partial charge in [-0.2, -0.15) is 5.10 Å². The SMILES string of the molecule is COC(=O)c1ccccc1NC(=O)[C@@H]1CC(=O)Nc2c(-c3ccc(OC)cc3)cnn21. The highest BCUT2D eigenvalue weighted by molar-refractivity contribution is 6.05. The average molecular weight is 420 g/mol. The second-order valence-electron chi connectivity index (χ2n) is 6.87. The fraction of sp³-hybridized carbons (Fsp3) is 0.182. The lowest BCUT2D eigenvalue weighted by Crippen LogP contribution is -2.36. The molecule has 9 heteroatoms. The van der Waals surface area contributed by atoms with Crippen LogP contribution in [-0.4, -0.2) is 41.8 Å². The molecule has 1 atom stereocenters. The number of hydrogen-bond acceptors (Lipinski definition) is 6. The summed E-state index contributed by atoms with van der Waals surface area (Å²) in [6.07, 6.45) is 1.52. The molecule has 31 heavy (non-hydrogen) atoms. The summed E-state index contributed by atoms with van der Waals surface area (Å²) in [4.78, 5) is 37.4. The van der Waals surface area contributed by atoms with E-state index in [2.05, 4.69) is 15.7 Å². The Bertz CT molecular complexity index is 1150. The number of anilines is 2. The van der Waals surface area contributed by atoms with Gasteiger partial charge in [0.05, 0.1) is 38.1 Å². The topological polar surface area (TPSA) is 112 Å². The third-order valence-electron chi connectivity index (χ3n) is 5.02. The normalized spacial score (nSPS) is 14.9. The van der Waals surface area contributed by atoms with Crippen molar-refractivity contribution in [1.29, 1.82) is 0 Å². The standard InChI is InChI=1S/C22H20N4O5/c1-30-14-9-7-13(8-10-14)16-12-23-26-18(11-19(27)25-20(16)26)21(28)24-17-6-4-3-5-15(17)22(29)31-2/h3-10,12,18H,11H2,1-2H3,(H,24,28)(H,25,27)/t18-/m0/s1. The van der Waals surface area contributed by atoms with E-state index in [1.807, 2.05) is 12.1 Å². The molecule has 1 aromatic heterocycles. The molecule has 0 radical (unpaired) electrons. The van der Waals surface area contributed by atoms with E-state index < -0.39 is 17.9 Å². The molecule has 3 aromatic rings. The van der Waals surface area contributed by atoms with E-state index in [1.54, 1.807) is 49.7 Å². The van der Waals surface area contributed by atoms with Gasteiger partial charge in [0.1, 0.15) is 17.6 Å². The van der Waals surface area contributed by atoms with Crippen molar-refractivity contribution < 1.29 is 23.9 Å². The Kier molecular flexibility index (Phi) is 5.40. The smallest absolute Gasteiger partial charge is 0.339 e. The highest BCUT2D eigenvalue weighted by Gasteiger charge is 2.33. The first-order valence-corrected chi connectivity index (χ1v) is 9.51. The number of carbonyl (C=O) groups is 3. The van der Waals surface area contributed by atoms with Gasteiger partial charge < -0.3 is 20.1 Å². The third kappa shape index (κ3) is 3.85. The van der Waals surface area contributed by atoms with Gasteiger partial charge in [0.25, 0.3) is 0 Å². The van der Waals surface area contributed by atoms with Crippen LogP contribution in [0.2, 0.25) is 0 Å². The largest absolute Gasteiger partial charge is 0.497 e. The second kappa shape index (κ2) is 8.31. The summed E-state index contributed by atoms with van der Waals surface area (Å²) in [5.41, 5.74) is 2.02. The van der Waals surface area contributed by atoms with Crippen LogP contribution in [0.5, 0.6) is 5.75 Å². The zero-order chi connectivity index (χ0) is 22.0. The number of rotatable bonds is 5. The molecule has 0 saturated carbocycles. The number of carbonyl (C=O) groups excluding carboxylic acids is 3. The zero-order valence-corrected chi connectivity index (χ0v) is 16.9. The van der Waals surface area contributed by atoms with Crippen LogP contribution in [0.25, 0.3) is 11.1 Å². The molecule has 2 heterocycles. The average Bonchev–Trinajstić information content (AvgIpc) is 3.22. The van der Waals surface area contributed by atoms with Gasteiger partial charge in [0.2, 0.25) is 11.8 Å². The highest BCUT2D eigenvalue weighted by Crippen LogP contribution is 2.35. The Morgan fingerprint density at radius 2 is 1.87 bits per heavy atom. The number of aromatic nitrogens is 2. The molecule has 158 valence electrons. The molecule has 2 N–H and O–H groups in total. The zero-order valence-electron chi connectivity index (χ0n) is 16.9. The number of esters is 1. The van der Waals surface area contributed by atoms with Gasteiger partial charge in [-0.3, -0.25) is 9.59 Å². The predicted octanol–water partition coefficient (Wildman–Crippen LogP) is 2.87. The van der Waals surface area contributed by atoms with E-state index in [4.69, 9.17) is 9.47 Å². The van der Waals surface area contributed by atoms with Crippen LogP contribution in [0.1, 0.15) is 22.8 Å². The Morgan fingerprint density at radius 3 is 2.58 bits per heavy atom. The molecule has 1 aliphatic rings. The summed E-state index contributed by atoms with van der Waals surface area (Å²) in [5.74, 6) is -0.196. The molecule has 1 aliphatic heterocycles. The summed E-state index contributed by atoms with van der Waals surface area (Å²) in [5, 5.41) is 9.87. The predicted molar refractivity (Wildman–Crippen MR) is 113 cm³/mol. The Labute approximate surface area is 178 Å². The van der Waals surface area contributed by atoms with Crippen molar-refractivity contribution in [2.45, 2.75) is 12.5 Å². The lowest BCUT2D eigenvalue weighted by Gasteiger charge is -2.25. The van der Waals surface area contributed by atoms with Crippen LogP contribution in [0, 0.1) is 0 Å². The van der Waals surface area contributed by atoms with E-state index in [0.717, 1.165) is 5.56 Å². The molecule has 0 aliphatic carbocycles. The van der Waals surface area contributed by atoms with Gasteiger partial charge in [0.15, 0.2) is 0 Å². The summed E-state index contributed by atoms with van der Waals surface area (Å²) in [6.45, 7) is 0. The molecule has 9 nitrogen and oxygen atoms in total. The van der Waals surface area contributed by atoms with Crippen LogP contribution >= 0.6 is 0 Å². The fourth-order valence-corrected chi connectivity index (χ4v) is 3.45. The number of para-hydroxylation sites is 1. The first-order valence-electron chi connectivity index (χ1n) is 9.51. The summed E-state index contributed by atoms with van der Waals surface area (Å²) in [7, 11) is 2.85. The molecule has 0 spiro atoms. The number of amides is 2.